The van der Waals surface area contributed by atoms with Crippen LogP contribution in [-0.4, -0.2) is 38.5 Å². The summed E-state index contributed by atoms with van der Waals surface area (Å²) >= 11 is 0. The molecule has 1 aliphatic rings. The number of hydrogen-bond acceptors (Lipinski definition) is 5. The number of para-hydroxylation sites is 3. The SMILES string of the molecule is O=C(Nc1nc2ccccc2n1-c1ccccc1)C1CCCN(c2ncccn2)C1. The average molecular weight is 398 g/mol. The number of aromatic nitrogens is 4. The van der Waals surface area contributed by atoms with E-state index in [1.54, 1.807) is 18.5 Å². The molecule has 7 heteroatoms. The number of carbonyl (C=O) groups excluding carboxylic acids is 1. The molecular formula is C23H22N6O. The van der Waals surface area contributed by atoms with Crippen LogP contribution in [0.1, 0.15) is 12.8 Å². The van der Waals surface area contributed by atoms with Crippen molar-refractivity contribution in [2.24, 2.45) is 5.92 Å². The third-order valence-corrected chi connectivity index (χ3v) is 5.44. The minimum atomic E-state index is -0.147. The van der Waals surface area contributed by atoms with Crippen LogP contribution >= 0.6 is 0 Å². The summed E-state index contributed by atoms with van der Waals surface area (Å²) in [6.45, 7) is 1.46. The third kappa shape index (κ3) is 3.50. The molecule has 30 heavy (non-hydrogen) atoms. The van der Waals surface area contributed by atoms with Gasteiger partial charge < -0.3 is 4.90 Å². The van der Waals surface area contributed by atoms with E-state index >= 15 is 0 Å². The van der Waals surface area contributed by atoms with Crippen molar-refractivity contribution in [2.45, 2.75) is 12.8 Å². The number of nitrogens with zero attached hydrogens (tertiary/aromatic N) is 5. The number of imidazole rings is 1. The Morgan fingerprint density at radius 2 is 1.73 bits per heavy atom. The van der Waals surface area contributed by atoms with Crippen LogP contribution in [0.3, 0.4) is 0 Å². The second-order valence-electron chi connectivity index (χ2n) is 7.42. The Kier molecular flexibility index (Phi) is 4.85. The first kappa shape index (κ1) is 18.3. The molecule has 1 unspecified atom stereocenters. The molecule has 1 N–H and O–H groups in total. The third-order valence-electron chi connectivity index (χ3n) is 5.44. The van der Waals surface area contributed by atoms with E-state index in [1.807, 2.05) is 59.2 Å². The van der Waals surface area contributed by atoms with E-state index in [4.69, 9.17) is 4.98 Å². The van der Waals surface area contributed by atoms with Crippen molar-refractivity contribution in [1.82, 2.24) is 19.5 Å². The van der Waals surface area contributed by atoms with Gasteiger partial charge in [0.1, 0.15) is 0 Å². The van der Waals surface area contributed by atoms with Crippen LogP contribution in [-0.2, 0) is 4.79 Å². The van der Waals surface area contributed by atoms with Gasteiger partial charge in [-0.05, 0) is 43.2 Å². The molecule has 3 heterocycles. The molecule has 1 aliphatic heterocycles. The zero-order valence-corrected chi connectivity index (χ0v) is 16.5. The van der Waals surface area contributed by atoms with Gasteiger partial charge in [0, 0.05) is 31.2 Å². The molecule has 0 radical (unpaired) electrons. The van der Waals surface area contributed by atoms with Crippen LogP contribution in [0, 0.1) is 5.92 Å². The standard InChI is InChI=1S/C23H22N6O/c30-21(17-8-6-15-28(16-17)22-24-13-7-14-25-22)27-23-26-19-11-4-5-12-20(19)29(23)18-9-2-1-3-10-18/h1-5,7,9-14,17H,6,8,15-16H2,(H,26,27,30). The Morgan fingerprint density at radius 3 is 2.57 bits per heavy atom. The molecule has 1 saturated heterocycles. The maximum absolute atomic E-state index is 13.2. The first-order chi connectivity index (χ1) is 14.8. The summed E-state index contributed by atoms with van der Waals surface area (Å²) in [5, 5.41) is 3.09. The Hall–Kier alpha value is -3.74. The fourth-order valence-electron chi connectivity index (χ4n) is 3.99. The minimum Gasteiger partial charge on any atom is -0.340 e. The molecule has 0 aliphatic carbocycles. The molecule has 5 rings (SSSR count). The molecule has 0 spiro atoms. The van der Waals surface area contributed by atoms with Crippen LogP contribution in [0.5, 0.6) is 0 Å². The number of fused-ring (bicyclic) bond motifs is 1. The highest BCUT2D eigenvalue weighted by atomic mass is 16.2. The van der Waals surface area contributed by atoms with Gasteiger partial charge in [-0.2, -0.15) is 0 Å². The minimum absolute atomic E-state index is 0.0249. The predicted molar refractivity (Wildman–Crippen MR) is 117 cm³/mol. The van der Waals surface area contributed by atoms with Crippen molar-refractivity contribution in [1.29, 1.82) is 0 Å². The summed E-state index contributed by atoms with van der Waals surface area (Å²) in [6, 6.07) is 19.7. The normalized spacial score (nSPS) is 16.5. The summed E-state index contributed by atoms with van der Waals surface area (Å²) in [5.74, 6) is 1.04. The van der Waals surface area contributed by atoms with Crippen molar-refractivity contribution >= 4 is 28.8 Å². The average Bonchev–Trinajstić information content (AvgIpc) is 3.18. The lowest BCUT2D eigenvalue weighted by Gasteiger charge is -2.31. The Balaban J connectivity index is 1.42. The van der Waals surface area contributed by atoms with E-state index in [0.717, 1.165) is 36.1 Å². The maximum atomic E-state index is 13.2. The molecule has 0 saturated carbocycles. The van der Waals surface area contributed by atoms with Gasteiger partial charge in [0.2, 0.25) is 17.8 Å². The zero-order valence-electron chi connectivity index (χ0n) is 16.5. The van der Waals surface area contributed by atoms with Crippen LogP contribution in [0.4, 0.5) is 11.9 Å². The summed E-state index contributed by atoms with van der Waals surface area (Å²) in [7, 11) is 0. The van der Waals surface area contributed by atoms with Gasteiger partial charge in [-0.3, -0.25) is 14.7 Å². The van der Waals surface area contributed by atoms with Crippen LogP contribution in [0.25, 0.3) is 16.7 Å². The van der Waals surface area contributed by atoms with Crippen LogP contribution in [0.2, 0.25) is 0 Å². The molecule has 4 aromatic rings. The molecule has 1 fully saturated rings. The van der Waals surface area contributed by atoms with Gasteiger partial charge in [0.15, 0.2) is 0 Å². The van der Waals surface area contributed by atoms with Gasteiger partial charge in [-0.1, -0.05) is 30.3 Å². The second kappa shape index (κ2) is 7.94. The first-order valence-electron chi connectivity index (χ1n) is 10.2. The quantitative estimate of drug-likeness (QED) is 0.568. The van der Waals surface area contributed by atoms with Crippen molar-refractivity contribution in [2.75, 3.05) is 23.3 Å². The van der Waals surface area contributed by atoms with Crippen LogP contribution in [0.15, 0.2) is 73.1 Å². The number of carbonyl (C=O) groups is 1. The summed E-state index contributed by atoms with van der Waals surface area (Å²) in [4.78, 5) is 28.6. The van der Waals surface area contributed by atoms with Crippen molar-refractivity contribution < 1.29 is 4.79 Å². The molecule has 0 bridgehead atoms. The lowest BCUT2D eigenvalue weighted by molar-refractivity contribution is -0.120. The zero-order chi connectivity index (χ0) is 20.3. The molecule has 1 atom stereocenters. The topological polar surface area (TPSA) is 75.9 Å². The number of benzene rings is 2. The van der Waals surface area contributed by atoms with Crippen molar-refractivity contribution in [3.63, 3.8) is 0 Å². The van der Waals surface area contributed by atoms with E-state index in [-0.39, 0.29) is 11.8 Å². The van der Waals surface area contributed by atoms with Crippen LogP contribution < -0.4 is 10.2 Å². The Morgan fingerprint density at radius 1 is 0.967 bits per heavy atom. The number of nitrogens with one attached hydrogen (secondary N) is 1. The summed E-state index contributed by atoms with van der Waals surface area (Å²) < 4.78 is 1.99. The highest BCUT2D eigenvalue weighted by Crippen LogP contribution is 2.26. The molecule has 7 nitrogen and oxygen atoms in total. The fourth-order valence-corrected chi connectivity index (χ4v) is 3.99. The number of hydrogen-bond donors (Lipinski definition) is 1. The largest absolute Gasteiger partial charge is 0.340 e. The van der Waals surface area contributed by atoms with Crippen molar-refractivity contribution in [3.8, 4) is 5.69 Å². The summed E-state index contributed by atoms with van der Waals surface area (Å²) in [5.41, 5.74) is 2.77. The van der Waals surface area contributed by atoms with Gasteiger partial charge in [0.05, 0.1) is 17.0 Å². The number of piperidine rings is 1. The fraction of sp³-hybridized carbons (Fsp3) is 0.217. The van der Waals surface area contributed by atoms with Crippen molar-refractivity contribution in [3.05, 3.63) is 73.1 Å². The second-order valence-corrected chi connectivity index (χ2v) is 7.42. The van der Waals surface area contributed by atoms with Gasteiger partial charge >= 0.3 is 0 Å². The Labute approximate surface area is 174 Å². The lowest BCUT2D eigenvalue weighted by atomic mass is 9.97. The smallest absolute Gasteiger partial charge is 0.231 e. The number of rotatable bonds is 4. The number of amides is 1. The molecule has 2 aromatic heterocycles. The Bertz CT molecular complexity index is 1160. The molecule has 150 valence electrons. The van der Waals surface area contributed by atoms with E-state index in [2.05, 4.69) is 20.2 Å². The van der Waals surface area contributed by atoms with E-state index < -0.39 is 0 Å². The van der Waals surface area contributed by atoms with Gasteiger partial charge in [-0.25, -0.2) is 15.0 Å². The lowest BCUT2D eigenvalue weighted by Crippen LogP contribution is -2.41. The van der Waals surface area contributed by atoms with E-state index in [0.29, 0.717) is 18.4 Å². The monoisotopic (exact) mass is 398 g/mol. The van der Waals surface area contributed by atoms with E-state index in [1.165, 1.54) is 0 Å². The number of anilines is 2. The molecule has 2 aromatic carbocycles. The van der Waals surface area contributed by atoms with E-state index in [9.17, 15) is 4.79 Å². The predicted octanol–water partition coefficient (Wildman–Crippen LogP) is 3.67. The highest BCUT2D eigenvalue weighted by molar-refractivity contribution is 5.94. The molecule has 1 amide bonds. The first-order valence-corrected chi connectivity index (χ1v) is 10.2. The summed E-state index contributed by atoms with van der Waals surface area (Å²) in [6.07, 6.45) is 5.22. The highest BCUT2D eigenvalue weighted by Gasteiger charge is 2.28. The maximum Gasteiger partial charge on any atom is 0.231 e. The molecular weight excluding hydrogens is 376 g/mol. The van der Waals surface area contributed by atoms with Gasteiger partial charge in [0.25, 0.3) is 0 Å². The van der Waals surface area contributed by atoms with Gasteiger partial charge in [-0.15, -0.1) is 0 Å².